The number of amides is 1. The number of rotatable bonds is 3. The molecule has 22 heavy (non-hydrogen) atoms. The monoisotopic (exact) mass is 301 g/mol. The second kappa shape index (κ2) is 8.08. The molecule has 116 valence electrons. The van der Waals surface area contributed by atoms with Crippen LogP contribution < -0.4 is 5.32 Å². The lowest BCUT2D eigenvalue weighted by Crippen LogP contribution is -2.38. The second-order valence-electron chi connectivity index (χ2n) is 5.34. The predicted molar refractivity (Wildman–Crippen MR) is 80.9 cm³/mol. The van der Waals surface area contributed by atoms with Crippen LogP contribution in [0.2, 0.25) is 0 Å². The molecule has 2 N–H and O–H groups in total. The van der Waals surface area contributed by atoms with Crippen molar-refractivity contribution in [1.29, 1.82) is 0 Å². The van der Waals surface area contributed by atoms with E-state index in [1.54, 1.807) is 0 Å². The molecule has 0 unspecified atom stereocenters. The van der Waals surface area contributed by atoms with Crippen LogP contribution in [0.1, 0.15) is 31.2 Å². The van der Waals surface area contributed by atoms with Gasteiger partial charge in [0, 0.05) is 17.9 Å². The summed E-state index contributed by atoms with van der Waals surface area (Å²) in [5.41, 5.74) is 0.937. The van der Waals surface area contributed by atoms with Crippen LogP contribution in [0.3, 0.4) is 0 Å². The number of carboxylic acids is 1. The number of carboxylic acid groups (broad SMARTS) is 1. The van der Waals surface area contributed by atoms with Crippen LogP contribution in [0.5, 0.6) is 0 Å². The Morgan fingerprint density at radius 2 is 2.05 bits per heavy atom. The maximum absolute atomic E-state index is 11.8. The summed E-state index contributed by atoms with van der Waals surface area (Å²) in [6.07, 6.45) is 2.88. The van der Waals surface area contributed by atoms with E-state index in [1.165, 1.54) is 0 Å². The Kier molecular flexibility index (Phi) is 5.84. The maximum atomic E-state index is 11.8. The zero-order valence-corrected chi connectivity index (χ0v) is 12.2. The molecular weight excluding hydrogens is 282 g/mol. The fourth-order valence-corrected chi connectivity index (χ4v) is 2.55. The summed E-state index contributed by atoms with van der Waals surface area (Å²) in [5.74, 6) is 3.80. The minimum atomic E-state index is -1.11. The van der Waals surface area contributed by atoms with E-state index in [1.807, 2.05) is 30.3 Å². The van der Waals surface area contributed by atoms with E-state index in [9.17, 15) is 9.59 Å². The highest BCUT2D eigenvalue weighted by molar-refractivity contribution is 5.86. The Morgan fingerprint density at radius 3 is 2.77 bits per heavy atom. The molecule has 1 aromatic rings. The normalized spacial score (nSPS) is 20.4. The third-order valence-corrected chi connectivity index (χ3v) is 3.59. The molecule has 0 aromatic heterocycles. The number of hydrogen-bond acceptors (Lipinski definition) is 3. The maximum Gasteiger partial charge on any atom is 0.407 e. The molecule has 1 saturated carbocycles. The van der Waals surface area contributed by atoms with Crippen molar-refractivity contribution in [3.05, 3.63) is 35.9 Å². The first-order valence-electron chi connectivity index (χ1n) is 7.35. The smallest absolute Gasteiger partial charge is 0.407 e. The van der Waals surface area contributed by atoms with Gasteiger partial charge < -0.3 is 15.2 Å². The van der Waals surface area contributed by atoms with Gasteiger partial charge in [0.25, 0.3) is 0 Å². The van der Waals surface area contributed by atoms with Crippen LogP contribution >= 0.6 is 0 Å². The molecule has 0 spiro atoms. The lowest BCUT2D eigenvalue weighted by Gasteiger charge is -2.26. The lowest BCUT2D eigenvalue weighted by molar-refractivity contribution is -0.130. The SMILES string of the molecule is O=C(O)C#C[C@@H]1CCC[C@H](NC(=O)OCc2ccccc2)C1. The number of aliphatic carboxylic acids is 1. The molecule has 0 bridgehead atoms. The van der Waals surface area contributed by atoms with Gasteiger partial charge in [-0.2, -0.15) is 0 Å². The molecular formula is C17H19NO4. The average molecular weight is 301 g/mol. The summed E-state index contributed by atoms with van der Waals surface area (Å²) < 4.78 is 5.18. The molecule has 0 saturated heterocycles. The summed E-state index contributed by atoms with van der Waals surface area (Å²) in [6, 6.07) is 9.47. The van der Waals surface area contributed by atoms with Gasteiger partial charge in [-0.3, -0.25) is 0 Å². The van der Waals surface area contributed by atoms with Crippen LogP contribution in [-0.4, -0.2) is 23.2 Å². The first-order valence-corrected chi connectivity index (χ1v) is 7.35. The topological polar surface area (TPSA) is 75.6 Å². The van der Waals surface area contributed by atoms with Crippen LogP contribution in [0.15, 0.2) is 30.3 Å². The van der Waals surface area contributed by atoms with Crippen molar-refractivity contribution in [2.75, 3.05) is 0 Å². The molecule has 5 nitrogen and oxygen atoms in total. The number of ether oxygens (including phenoxy) is 1. The molecule has 1 aliphatic carbocycles. The van der Waals surface area contributed by atoms with Gasteiger partial charge in [0.05, 0.1) is 0 Å². The Bertz CT molecular complexity index is 573. The van der Waals surface area contributed by atoms with Gasteiger partial charge in [0.15, 0.2) is 0 Å². The Labute approximate surface area is 129 Å². The third-order valence-electron chi connectivity index (χ3n) is 3.59. The van der Waals surface area contributed by atoms with Gasteiger partial charge in [0.1, 0.15) is 6.61 Å². The Balaban J connectivity index is 1.76. The van der Waals surface area contributed by atoms with Crippen molar-refractivity contribution >= 4 is 12.1 Å². The minimum Gasteiger partial charge on any atom is -0.472 e. The molecule has 1 aliphatic rings. The zero-order chi connectivity index (χ0) is 15.8. The largest absolute Gasteiger partial charge is 0.472 e. The van der Waals surface area contributed by atoms with Crippen molar-refractivity contribution in [3.8, 4) is 11.8 Å². The molecule has 1 fully saturated rings. The van der Waals surface area contributed by atoms with E-state index in [0.29, 0.717) is 6.42 Å². The van der Waals surface area contributed by atoms with E-state index >= 15 is 0 Å². The van der Waals surface area contributed by atoms with E-state index in [0.717, 1.165) is 24.8 Å². The molecule has 0 radical (unpaired) electrons. The van der Waals surface area contributed by atoms with Crippen molar-refractivity contribution in [1.82, 2.24) is 5.32 Å². The highest BCUT2D eigenvalue weighted by Crippen LogP contribution is 2.23. The molecule has 2 rings (SSSR count). The minimum absolute atomic E-state index is 0.00915. The lowest BCUT2D eigenvalue weighted by atomic mass is 9.86. The molecule has 0 aliphatic heterocycles. The van der Waals surface area contributed by atoms with Crippen molar-refractivity contribution < 1.29 is 19.4 Å². The van der Waals surface area contributed by atoms with Crippen LogP contribution in [0.25, 0.3) is 0 Å². The highest BCUT2D eigenvalue weighted by Gasteiger charge is 2.22. The number of nitrogens with one attached hydrogen (secondary N) is 1. The van der Waals surface area contributed by atoms with Gasteiger partial charge in [-0.25, -0.2) is 9.59 Å². The molecule has 1 amide bonds. The van der Waals surface area contributed by atoms with Gasteiger partial charge in [0.2, 0.25) is 0 Å². The van der Waals surface area contributed by atoms with Crippen molar-refractivity contribution in [3.63, 3.8) is 0 Å². The molecule has 5 heteroatoms. The zero-order valence-electron chi connectivity index (χ0n) is 12.2. The number of carbonyl (C=O) groups is 2. The highest BCUT2D eigenvalue weighted by atomic mass is 16.5. The Morgan fingerprint density at radius 1 is 1.27 bits per heavy atom. The summed E-state index contributed by atoms with van der Waals surface area (Å²) in [7, 11) is 0. The molecule has 0 heterocycles. The van der Waals surface area contributed by atoms with Gasteiger partial charge >= 0.3 is 12.1 Å². The van der Waals surface area contributed by atoms with Gasteiger partial charge in [-0.05, 0) is 24.8 Å². The fourth-order valence-electron chi connectivity index (χ4n) is 2.55. The predicted octanol–water partition coefficient (Wildman–Crippen LogP) is 2.56. The van der Waals surface area contributed by atoms with E-state index in [2.05, 4.69) is 17.2 Å². The van der Waals surface area contributed by atoms with Gasteiger partial charge in [-0.15, -0.1) is 0 Å². The van der Waals surface area contributed by atoms with E-state index in [-0.39, 0.29) is 18.6 Å². The van der Waals surface area contributed by atoms with E-state index < -0.39 is 12.1 Å². The summed E-state index contributed by atoms with van der Waals surface area (Å²) in [5, 5.41) is 11.4. The van der Waals surface area contributed by atoms with Crippen molar-refractivity contribution in [2.24, 2.45) is 5.92 Å². The molecule has 2 atom stereocenters. The first-order chi connectivity index (χ1) is 10.6. The van der Waals surface area contributed by atoms with Crippen LogP contribution in [0.4, 0.5) is 4.79 Å². The van der Waals surface area contributed by atoms with Crippen LogP contribution in [-0.2, 0) is 16.1 Å². The molecule has 1 aromatic carbocycles. The number of carbonyl (C=O) groups excluding carboxylic acids is 1. The standard InChI is InChI=1S/C17H19NO4/c19-16(20)10-9-13-7-4-8-15(11-13)18-17(21)22-12-14-5-2-1-3-6-14/h1-3,5-6,13,15H,4,7-8,11-12H2,(H,18,21)(H,19,20)/t13-,15-/m0/s1. The average Bonchev–Trinajstić information content (AvgIpc) is 2.52. The number of hydrogen-bond donors (Lipinski definition) is 2. The third kappa shape index (κ3) is 5.49. The number of alkyl carbamates (subject to hydrolysis) is 1. The van der Waals surface area contributed by atoms with E-state index in [4.69, 9.17) is 9.84 Å². The summed E-state index contributed by atoms with van der Waals surface area (Å²) >= 11 is 0. The summed E-state index contributed by atoms with van der Waals surface area (Å²) in [4.78, 5) is 22.3. The summed E-state index contributed by atoms with van der Waals surface area (Å²) in [6.45, 7) is 0.238. The quantitative estimate of drug-likeness (QED) is 0.841. The van der Waals surface area contributed by atoms with Gasteiger partial charge in [-0.1, -0.05) is 42.7 Å². The number of benzene rings is 1. The Hall–Kier alpha value is -2.48. The second-order valence-corrected chi connectivity index (χ2v) is 5.34. The first kappa shape index (κ1) is 15.9. The van der Waals surface area contributed by atoms with Crippen LogP contribution in [0, 0.1) is 17.8 Å². The van der Waals surface area contributed by atoms with Crippen molar-refractivity contribution in [2.45, 2.75) is 38.3 Å². The fraction of sp³-hybridized carbons (Fsp3) is 0.412.